The Morgan fingerprint density at radius 2 is 1.95 bits per heavy atom. The van der Waals surface area contributed by atoms with Gasteiger partial charge in [0.1, 0.15) is 11.6 Å². The van der Waals surface area contributed by atoms with Gasteiger partial charge in [0.25, 0.3) is 0 Å². The molecule has 0 atom stereocenters. The van der Waals surface area contributed by atoms with Crippen LogP contribution in [-0.2, 0) is 0 Å². The number of aromatic nitrogens is 1. The fourth-order valence-electron chi connectivity index (χ4n) is 1.84. The Balaban J connectivity index is 2.52. The van der Waals surface area contributed by atoms with Gasteiger partial charge >= 0.3 is 0 Å². The first-order valence-electron chi connectivity index (χ1n) is 6.39. The van der Waals surface area contributed by atoms with Gasteiger partial charge in [0.15, 0.2) is 0 Å². The molecule has 0 bridgehead atoms. The summed E-state index contributed by atoms with van der Waals surface area (Å²) in [7, 11) is 0. The van der Waals surface area contributed by atoms with Crippen molar-refractivity contribution in [1.82, 2.24) is 4.98 Å². The predicted octanol–water partition coefficient (Wildman–Crippen LogP) is 5.32. The van der Waals surface area contributed by atoms with Gasteiger partial charge < -0.3 is 5.32 Å². The summed E-state index contributed by atoms with van der Waals surface area (Å²) in [6.07, 6.45) is 0.939. The van der Waals surface area contributed by atoms with Crippen molar-refractivity contribution in [1.29, 1.82) is 0 Å². The minimum absolute atomic E-state index is 0.335. The Morgan fingerprint density at radius 1 is 1.20 bits per heavy atom. The number of hydrogen-bond acceptors (Lipinski definition) is 2. The van der Waals surface area contributed by atoms with Crippen molar-refractivity contribution in [3.8, 4) is 11.3 Å². The van der Waals surface area contributed by atoms with Crippen LogP contribution < -0.4 is 5.32 Å². The van der Waals surface area contributed by atoms with Crippen LogP contribution in [0, 0.1) is 12.7 Å². The van der Waals surface area contributed by atoms with Crippen LogP contribution in [0.5, 0.6) is 0 Å². The molecule has 0 amide bonds. The molecule has 1 aromatic heterocycles. The molecular weight excluding hydrogens is 298 g/mol. The second-order valence-electron chi connectivity index (χ2n) is 4.56. The molecule has 1 N–H and O–H groups in total. The number of nitrogens with zero attached hydrogens (tertiary/aromatic N) is 1. The summed E-state index contributed by atoms with van der Waals surface area (Å²) in [6.45, 7) is 4.67. The van der Waals surface area contributed by atoms with Crippen LogP contribution in [0.4, 0.5) is 10.2 Å². The fourth-order valence-corrected chi connectivity index (χ4v) is 2.37. The minimum Gasteiger partial charge on any atom is -0.369 e. The van der Waals surface area contributed by atoms with E-state index in [4.69, 9.17) is 23.2 Å². The fraction of sp³-hybridized carbons (Fsp3) is 0.267. The summed E-state index contributed by atoms with van der Waals surface area (Å²) in [5.41, 5.74) is 1.72. The molecule has 0 aliphatic carbocycles. The highest BCUT2D eigenvalue weighted by atomic mass is 35.5. The minimum atomic E-state index is -0.353. The first-order valence-corrected chi connectivity index (χ1v) is 7.15. The van der Waals surface area contributed by atoms with E-state index >= 15 is 0 Å². The molecule has 0 unspecified atom stereocenters. The van der Waals surface area contributed by atoms with Crippen LogP contribution >= 0.6 is 23.2 Å². The molecule has 5 heteroatoms. The highest BCUT2D eigenvalue weighted by Crippen LogP contribution is 2.34. The predicted molar refractivity (Wildman–Crippen MR) is 83.2 cm³/mol. The molecule has 0 radical (unpaired) electrons. The van der Waals surface area contributed by atoms with Crippen molar-refractivity contribution < 1.29 is 4.39 Å². The van der Waals surface area contributed by atoms with Gasteiger partial charge in [-0.2, -0.15) is 0 Å². The van der Waals surface area contributed by atoms with Gasteiger partial charge in [-0.15, -0.1) is 0 Å². The number of nitrogens with one attached hydrogen (secondary N) is 1. The van der Waals surface area contributed by atoms with Crippen LogP contribution in [0.3, 0.4) is 0 Å². The van der Waals surface area contributed by atoms with Gasteiger partial charge in [-0.05, 0) is 31.5 Å². The van der Waals surface area contributed by atoms with E-state index in [1.165, 1.54) is 6.07 Å². The number of benzene rings is 1. The molecule has 0 saturated carbocycles. The normalized spacial score (nSPS) is 10.7. The number of rotatable bonds is 4. The van der Waals surface area contributed by atoms with Crippen LogP contribution in [0.2, 0.25) is 10.0 Å². The van der Waals surface area contributed by atoms with E-state index in [2.05, 4.69) is 10.3 Å². The van der Waals surface area contributed by atoms with E-state index in [9.17, 15) is 4.39 Å². The highest BCUT2D eigenvalue weighted by molar-refractivity contribution is 6.37. The van der Waals surface area contributed by atoms with Crippen LogP contribution in [-0.4, -0.2) is 11.5 Å². The average Bonchev–Trinajstić information content (AvgIpc) is 2.41. The molecule has 2 aromatic rings. The van der Waals surface area contributed by atoms with E-state index in [0.29, 0.717) is 27.1 Å². The van der Waals surface area contributed by atoms with Crippen LogP contribution in [0.1, 0.15) is 18.9 Å². The Bertz CT molecular complexity index is 630. The monoisotopic (exact) mass is 312 g/mol. The topological polar surface area (TPSA) is 24.9 Å². The lowest BCUT2D eigenvalue weighted by molar-refractivity contribution is 0.630. The van der Waals surface area contributed by atoms with Gasteiger partial charge in [0, 0.05) is 12.1 Å². The smallest absolute Gasteiger partial charge is 0.145 e. The molecule has 2 rings (SSSR count). The number of aryl methyl sites for hydroxylation is 1. The standard InChI is InChI=1S/C15H15Cl2FN2/c1-3-6-19-15-12(17)8-11(16)14(20-15)10-7-9(2)4-5-13(10)18/h4-5,7-8H,3,6H2,1-2H3,(H,19,20). The Labute approximate surface area is 127 Å². The third-order valence-corrected chi connectivity index (χ3v) is 3.43. The third-order valence-electron chi connectivity index (χ3n) is 2.85. The van der Waals surface area contributed by atoms with Gasteiger partial charge in [0.2, 0.25) is 0 Å². The maximum absolute atomic E-state index is 14.0. The molecule has 0 fully saturated rings. The summed E-state index contributed by atoms with van der Waals surface area (Å²) < 4.78 is 14.0. The SMILES string of the molecule is CCCNc1nc(-c2cc(C)ccc2F)c(Cl)cc1Cl. The van der Waals surface area contributed by atoms with E-state index < -0.39 is 0 Å². The summed E-state index contributed by atoms with van der Waals surface area (Å²) in [6, 6.07) is 6.43. The first kappa shape index (κ1) is 15.1. The van der Waals surface area contributed by atoms with Crippen LogP contribution in [0.15, 0.2) is 24.3 Å². The van der Waals surface area contributed by atoms with Crippen molar-refractivity contribution in [2.75, 3.05) is 11.9 Å². The molecule has 1 aromatic carbocycles. The molecule has 0 aliphatic heterocycles. The first-order chi connectivity index (χ1) is 9.52. The molecule has 106 valence electrons. The summed E-state index contributed by atoms with van der Waals surface area (Å²) in [4.78, 5) is 4.37. The Morgan fingerprint density at radius 3 is 2.65 bits per heavy atom. The van der Waals surface area contributed by atoms with E-state index in [1.807, 2.05) is 13.8 Å². The lowest BCUT2D eigenvalue weighted by Crippen LogP contribution is -2.04. The summed E-state index contributed by atoms with van der Waals surface area (Å²) >= 11 is 12.2. The zero-order valence-corrected chi connectivity index (χ0v) is 12.8. The number of hydrogen-bond donors (Lipinski definition) is 1. The van der Waals surface area contributed by atoms with Crippen molar-refractivity contribution in [3.05, 3.63) is 45.7 Å². The quantitative estimate of drug-likeness (QED) is 0.826. The molecule has 0 spiro atoms. The molecule has 0 aliphatic rings. The maximum Gasteiger partial charge on any atom is 0.145 e. The molecular formula is C15H15Cl2FN2. The third kappa shape index (κ3) is 3.22. The number of halogens is 3. The van der Waals surface area contributed by atoms with Crippen molar-refractivity contribution in [2.24, 2.45) is 0 Å². The molecule has 20 heavy (non-hydrogen) atoms. The highest BCUT2D eigenvalue weighted by Gasteiger charge is 2.14. The number of pyridine rings is 1. The number of anilines is 1. The molecule has 2 nitrogen and oxygen atoms in total. The lowest BCUT2D eigenvalue weighted by Gasteiger charge is -2.11. The zero-order valence-electron chi connectivity index (χ0n) is 11.3. The second-order valence-corrected chi connectivity index (χ2v) is 5.37. The van der Waals surface area contributed by atoms with Gasteiger partial charge in [-0.25, -0.2) is 9.37 Å². The lowest BCUT2D eigenvalue weighted by atomic mass is 10.1. The van der Waals surface area contributed by atoms with Crippen LogP contribution in [0.25, 0.3) is 11.3 Å². The zero-order chi connectivity index (χ0) is 14.7. The van der Waals surface area contributed by atoms with E-state index in [-0.39, 0.29) is 5.82 Å². The maximum atomic E-state index is 14.0. The van der Waals surface area contributed by atoms with Gasteiger partial charge in [0.05, 0.1) is 15.7 Å². The summed E-state index contributed by atoms with van der Waals surface area (Å²) in [5.74, 6) is 0.169. The largest absolute Gasteiger partial charge is 0.369 e. The van der Waals surface area contributed by atoms with Crippen molar-refractivity contribution in [2.45, 2.75) is 20.3 Å². The molecule has 1 heterocycles. The molecule has 0 saturated heterocycles. The van der Waals surface area contributed by atoms with Crippen molar-refractivity contribution in [3.63, 3.8) is 0 Å². The van der Waals surface area contributed by atoms with E-state index in [1.54, 1.807) is 18.2 Å². The Kier molecular flexibility index (Phi) is 4.84. The van der Waals surface area contributed by atoms with Crippen molar-refractivity contribution >= 4 is 29.0 Å². The Hall–Kier alpha value is -1.32. The van der Waals surface area contributed by atoms with Gasteiger partial charge in [-0.3, -0.25) is 0 Å². The average molecular weight is 313 g/mol. The van der Waals surface area contributed by atoms with Gasteiger partial charge in [-0.1, -0.05) is 41.8 Å². The summed E-state index contributed by atoms with van der Waals surface area (Å²) in [5, 5.41) is 3.88. The second kappa shape index (κ2) is 6.42. The van der Waals surface area contributed by atoms with E-state index in [0.717, 1.165) is 18.5 Å².